The van der Waals surface area contributed by atoms with Gasteiger partial charge in [-0.1, -0.05) is 19.0 Å². The van der Waals surface area contributed by atoms with Gasteiger partial charge in [0.05, 0.1) is 13.7 Å². The normalized spacial score (nSPS) is 19.8. The molecule has 3 rings (SSSR count). The van der Waals surface area contributed by atoms with Crippen LogP contribution < -0.4 is 4.74 Å². The van der Waals surface area contributed by atoms with E-state index in [1.54, 1.807) is 0 Å². The number of carbonyl (C=O) groups is 1. The Hall–Kier alpha value is -1.30. The molecular weight excluding hydrogens is 376 g/mol. The predicted octanol–water partition coefficient (Wildman–Crippen LogP) is 4.01. The van der Waals surface area contributed by atoms with Crippen molar-refractivity contribution in [3.63, 3.8) is 0 Å². The molecule has 2 heterocycles. The summed E-state index contributed by atoms with van der Waals surface area (Å²) in [5.74, 6) is 1.55. The van der Waals surface area contributed by atoms with Gasteiger partial charge < -0.3 is 14.4 Å². The van der Waals surface area contributed by atoms with E-state index in [1.165, 1.54) is 13.7 Å². The van der Waals surface area contributed by atoms with Crippen molar-refractivity contribution in [1.29, 1.82) is 0 Å². The van der Waals surface area contributed by atoms with Gasteiger partial charge in [0.1, 0.15) is 11.9 Å². The zero-order valence-corrected chi connectivity index (χ0v) is 17.2. The first-order chi connectivity index (χ1) is 13.0. The van der Waals surface area contributed by atoms with Gasteiger partial charge in [-0.25, -0.2) is 0 Å². The molecule has 2 aliphatic rings. The fourth-order valence-electron chi connectivity index (χ4n) is 4.07. The SMILES string of the molecule is C.COC(=O)CN1CCC(CN2CCC(Oc3ccc(Cl)cc3C)CC2)CC1. The van der Waals surface area contributed by atoms with Gasteiger partial charge in [-0.15, -0.1) is 0 Å². The quantitative estimate of drug-likeness (QED) is 0.663. The highest BCUT2D eigenvalue weighted by atomic mass is 35.5. The van der Waals surface area contributed by atoms with E-state index in [4.69, 9.17) is 21.1 Å². The lowest BCUT2D eigenvalue weighted by atomic mass is 9.95. The topological polar surface area (TPSA) is 42.0 Å². The van der Waals surface area contributed by atoms with Crippen molar-refractivity contribution in [3.05, 3.63) is 28.8 Å². The van der Waals surface area contributed by atoms with Crippen molar-refractivity contribution in [1.82, 2.24) is 9.80 Å². The van der Waals surface area contributed by atoms with E-state index in [0.717, 1.165) is 74.1 Å². The summed E-state index contributed by atoms with van der Waals surface area (Å²) < 4.78 is 11.0. The molecule has 6 heteroatoms. The second-order valence-corrected chi connectivity index (χ2v) is 8.26. The van der Waals surface area contributed by atoms with E-state index in [-0.39, 0.29) is 13.4 Å². The number of hydrogen-bond donors (Lipinski definition) is 0. The Balaban J connectivity index is 0.00000280. The van der Waals surface area contributed by atoms with Gasteiger partial charge in [0.25, 0.3) is 0 Å². The van der Waals surface area contributed by atoms with Crippen molar-refractivity contribution < 1.29 is 14.3 Å². The number of esters is 1. The fourth-order valence-corrected chi connectivity index (χ4v) is 4.30. The maximum absolute atomic E-state index is 11.4. The third-order valence-corrected chi connectivity index (χ3v) is 6.00. The van der Waals surface area contributed by atoms with Crippen LogP contribution in [0.4, 0.5) is 0 Å². The van der Waals surface area contributed by atoms with Crippen molar-refractivity contribution in [3.8, 4) is 5.75 Å². The fraction of sp³-hybridized carbons (Fsp3) is 0.682. The highest BCUT2D eigenvalue weighted by Gasteiger charge is 2.26. The average molecular weight is 411 g/mol. The molecule has 2 saturated heterocycles. The van der Waals surface area contributed by atoms with Crippen LogP contribution in [0.1, 0.15) is 38.7 Å². The zero-order valence-electron chi connectivity index (χ0n) is 16.5. The molecule has 0 unspecified atom stereocenters. The Kier molecular flexibility index (Phi) is 9.06. The smallest absolute Gasteiger partial charge is 0.319 e. The van der Waals surface area contributed by atoms with Gasteiger partial charge in [-0.2, -0.15) is 0 Å². The molecule has 0 spiro atoms. The lowest BCUT2D eigenvalue weighted by Gasteiger charge is -2.37. The number of nitrogens with zero attached hydrogens (tertiary/aromatic N) is 2. The van der Waals surface area contributed by atoms with Crippen LogP contribution in [-0.2, 0) is 9.53 Å². The van der Waals surface area contributed by atoms with Gasteiger partial charge in [0.15, 0.2) is 0 Å². The number of methoxy groups -OCH3 is 1. The summed E-state index contributed by atoms with van der Waals surface area (Å²) in [5, 5.41) is 0.757. The minimum atomic E-state index is -0.133. The monoisotopic (exact) mass is 410 g/mol. The summed E-state index contributed by atoms with van der Waals surface area (Å²) in [4.78, 5) is 16.2. The van der Waals surface area contributed by atoms with Crippen LogP contribution in [0.25, 0.3) is 0 Å². The van der Waals surface area contributed by atoms with Crippen molar-refractivity contribution in [2.75, 3.05) is 46.4 Å². The Labute approximate surface area is 174 Å². The maximum Gasteiger partial charge on any atom is 0.319 e. The predicted molar refractivity (Wildman–Crippen MR) is 114 cm³/mol. The third kappa shape index (κ3) is 6.64. The van der Waals surface area contributed by atoms with Crippen LogP contribution in [0.5, 0.6) is 5.75 Å². The maximum atomic E-state index is 11.4. The van der Waals surface area contributed by atoms with Crippen molar-refractivity contribution in [2.45, 2.75) is 46.1 Å². The first kappa shape index (κ1) is 23.0. The van der Waals surface area contributed by atoms with Crippen molar-refractivity contribution in [2.24, 2.45) is 5.92 Å². The van der Waals surface area contributed by atoms with E-state index in [0.29, 0.717) is 12.6 Å². The number of ether oxygens (including phenoxy) is 2. The Bertz CT molecular complexity index is 624. The molecule has 158 valence electrons. The van der Waals surface area contributed by atoms with Gasteiger partial charge in [-0.3, -0.25) is 9.69 Å². The number of benzene rings is 1. The second kappa shape index (κ2) is 11.0. The number of rotatable bonds is 6. The van der Waals surface area contributed by atoms with Gasteiger partial charge in [0.2, 0.25) is 0 Å². The molecule has 2 aliphatic heterocycles. The van der Waals surface area contributed by atoms with Crippen LogP contribution in [-0.4, -0.2) is 68.3 Å². The number of carbonyl (C=O) groups excluding carboxylic acids is 1. The Morgan fingerprint density at radius 2 is 1.75 bits per heavy atom. The summed E-state index contributed by atoms with van der Waals surface area (Å²) in [6.45, 7) is 7.82. The molecule has 0 saturated carbocycles. The molecule has 0 bridgehead atoms. The van der Waals surface area contributed by atoms with Gasteiger partial charge in [-0.05, 0) is 75.4 Å². The second-order valence-electron chi connectivity index (χ2n) is 7.82. The highest BCUT2D eigenvalue weighted by Crippen LogP contribution is 2.26. The van der Waals surface area contributed by atoms with Crippen molar-refractivity contribution >= 4 is 17.6 Å². The van der Waals surface area contributed by atoms with E-state index < -0.39 is 0 Å². The molecule has 5 nitrogen and oxygen atoms in total. The molecule has 0 amide bonds. The summed E-state index contributed by atoms with van der Waals surface area (Å²) in [7, 11) is 1.46. The number of likely N-dealkylation sites (tertiary alicyclic amines) is 2. The number of aryl methyl sites for hydroxylation is 1. The largest absolute Gasteiger partial charge is 0.490 e. The molecule has 0 N–H and O–H groups in total. The van der Waals surface area contributed by atoms with Crippen LogP contribution in [0.15, 0.2) is 18.2 Å². The molecule has 1 aromatic rings. The molecule has 0 aromatic heterocycles. The van der Waals surface area contributed by atoms with Crippen LogP contribution in [0, 0.1) is 12.8 Å². The third-order valence-electron chi connectivity index (χ3n) is 5.77. The summed E-state index contributed by atoms with van der Waals surface area (Å²) >= 11 is 6.02. The standard InChI is InChI=1S/C21H31ClN2O3.CH4/c1-16-13-18(22)3-4-20(16)27-19-7-11-23(12-8-19)14-17-5-9-24(10-6-17)15-21(25)26-2;/h3-4,13,17,19H,5-12,14-15H2,1-2H3;1H4. The summed E-state index contributed by atoms with van der Waals surface area (Å²) in [5.41, 5.74) is 1.10. The summed E-state index contributed by atoms with van der Waals surface area (Å²) in [6.07, 6.45) is 4.77. The number of piperidine rings is 2. The lowest BCUT2D eigenvalue weighted by molar-refractivity contribution is -0.142. The van der Waals surface area contributed by atoms with Crippen LogP contribution >= 0.6 is 11.6 Å². The molecule has 1 aromatic carbocycles. The van der Waals surface area contributed by atoms with E-state index in [1.807, 2.05) is 25.1 Å². The zero-order chi connectivity index (χ0) is 19.2. The van der Waals surface area contributed by atoms with E-state index in [9.17, 15) is 4.79 Å². The minimum Gasteiger partial charge on any atom is -0.490 e. The number of hydrogen-bond acceptors (Lipinski definition) is 5. The van der Waals surface area contributed by atoms with E-state index in [2.05, 4.69) is 9.80 Å². The van der Waals surface area contributed by atoms with Crippen LogP contribution in [0.2, 0.25) is 5.02 Å². The Morgan fingerprint density at radius 3 is 2.36 bits per heavy atom. The lowest BCUT2D eigenvalue weighted by Crippen LogP contribution is -2.44. The minimum absolute atomic E-state index is 0. The molecule has 2 fully saturated rings. The molecule has 0 atom stereocenters. The number of halogens is 1. The molecule has 28 heavy (non-hydrogen) atoms. The first-order valence-corrected chi connectivity index (χ1v) is 10.4. The van der Waals surface area contributed by atoms with Gasteiger partial charge in [0, 0.05) is 24.7 Å². The van der Waals surface area contributed by atoms with Crippen LogP contribution in [0.3, 0.4) is 0 Å². The van der Waals surface area contributed by atoms with Gasteiger partial charge >= 0.3 is 5.97 Å². The first-order valence-electron chi connectivity index (χ1n) is 9.98. The summed E-state index contributed by atoms with van der Waals surface area (Å²) in [6, 6.07) is 5.83. The molecule has 0 radical (unpaired) electrons. The highest BCUT2D eigenvalue weighted by molar-refractivity contribution is 6.30. The molecule has 0 aliphatic carbocycles. The average Bonchev–Trinajstić information content (AvgIpc) is 2.67. The Morgan fingerprint density at radius 1 is 1.11 bits per heavy atom. The molecular formula is C22H35ClN2O3. The van der Waals surface area contributed by atoms with E-state index >= 15 is 0 Å².